The summed E-state index contributed by atoms with van der Waals surface area (Å²) in [7, 11) is 1.58. The van der Waals surface area contributed by atoms with Gasteiger partial charge in [-0.25, -0.2) is 4.39 Å². The Morgan fingerprint density at radius 1 is 1.00 bits per heavy atom. The number of ether oxygens (including phenoxy) is 1. The SMILES string of the molecule is COc1ccccc1N(CCN1CCC(C(=O)c2ccc(F)cc2)CC1)C(=O)c1ccc(CNC(=O)[C@H](C)N)cc1. The first kappa shape index (κ1) is 29.9. The highest BCUT2D eigenvalue weighted by molar-refractivity contribution is 6.07. The summed E-state index contributed by atoms with van der Waals surface area (Å²) in [5.74, 6) is -0.207. The van der Waals surface area contributed by atoms with Gasteiger partial charge in [-0.3, -0.25) is 14.4 Å². The van der Waals surface area contributed by atoms with E-state index < -0.39 is 6.04 Å². The highest BCUT2D eigenvalue weighted by atomic mass is 19.1. The molecule has 0 aliphatic carbocycles. The number of Topliss-reactive ketones (excluding diaryl/α,β-unsaturated/α-hetero) is 1. The van der Waals surface area contributed by atoms with E-state index in [2.05, 4.69) is 10.2 Å². The van der Waals surface area contributed by atoms with Gasteiger partial charge < -0.3 is 25.6 Å². The molecule has 4 rings (SSSR count). The number of benzene rings is 3. The van der Waals surface area contributed by atoms with Crippen molar-refractivity contribution in [1.82, 2.24) is 10.2 Å². The summed E-state index contributed by atoms with van der Waals surface area (Å²) >= 11 is 0. The van der Waals surface area contributed by atoms with E-state index in [0.717, 1.165) is 18.7 Å². The average molecular weight is 561 g/mol. The average Bonchev–Trinajstić information content (AvgIpc) is 3.00. The summed E-state index contributed by atoms with van der Waals surface area (Å²) in [6.45, 7) is 4.47. The third kappa shape index (κ3) is 7.77. The van der Waals surface area contributed by atoms with E-state index >= 15 is 0 Å². The van der Waals surface area contributed by atoms with Crippen LogP contribution in [-0.4, -0.2) is 61.8 Å². The third-order valence-corrected chi connectivity index (χ3v) is 7.43. The second-order valence-electron chi connectivity index (χ2n) is 10.3. The number of para-hydroxylation sites is 2. The Morgan fingerprint density at radius 2 is 1.63 bits per heavy atom. The van der Waals surface area contributed by atoms with Crippen LogP contribution >= 0.6 is 0 Å². The monoisotopic (exact) mass is 560 g/mol. The quantitative estimate of drug-likeness (QED) is 0.343. The fraction of sp³-hybridized carbons (Fsp3) is 0.344. The number of hydrogen-bond donors (Lipinski definition) is 2. The number of carbonyl (C=O) groups is 3. The second kappa shape index (κ2) is 14.0. The Bertz CT molecular complexity index is 1340. The highest BCUT2D eigenvalue weighted by Gasteiger charge is 2.27. The molecule has 1 fully saturated rings. The van der Waals surface area contributed by atoms with Gasteiger partial charge in [-0.2, -0.15) is 0 Å². The van der Waals surface area contributed by atoms with E-state index in [1.807, 2.05) is 36.4 Å². The van der Waals surface area contributed by atoms with Crippen LogP contribution in [0.15, 0.2) is 72.8 Å². The molecule has 0 unspecified atom stereocenters. The van der Waals surface area contributed by atoms with Gasteiger partial charge >= 0.3 is 0 Å². The maximum atomic E-state index is 13.8. The molecule has 1 aliphatic rings. The molecule has 1 saturated heterocycles. The molecule has 0 radical (unpaired) electrons. The molecule has 0 spiro atoms. The van der Waals surface area contributed by atoms with E-state index in [4.69, 9.17) is 10.5 Å². The molecule has 1 heterocycles. The molecule has 3 aromatic carbocycles. The lowest BCUT2D eigenvalue weighted by molar-refractivity contribution is -0.122. The normalized spacial score (nSPS) is 14.7. The molecule has 216 valence electrons. The molecule has 1 atom stereocenters. The van der Waals surface area contributed by atoms with Gasteiger partial charge in [0.25, 0.3) is 5.91 Å². The molecule has 8 nitrogen and oxygen atoms in total. The summed E-state index contributed by atoms with van der Waals surface area (Å²) in [4.78, 5) is 42.4. The van der Waals surface area contributed by atoms with Gasteiger partial charge in [0.15, 0.2) is 5.78 Å². The first-order chi connectivity index (χ1) is 19.8. The minimum absolute atomic E-state index is 0.0519. The van der Waals surface area contributed by atoms with Crippen molar-refractivity contribution in [3.8, 4) is 5.75 Å². The Balaban J connectivity index is 1.41. The van der Waals surface area contributed by atoms with E-state index in [1.54, 1.807) is 43.2 Å². The van der Waals surface area contributed by atoms with E-state index in [-0.39, 0.29) is 29.3 Å². The smallest absolute Gasteiger partial charge is 0.258 e. The summed E-state index contributed by atoms with van der Waals surface area (Å²) < 4.78 is 18.8. The second-order valence-corrected chi connectivity index (χ2v) is 10.3. The lowest BCUT2D eigenvalue weighted by Gasteiger charge is -2.33. The van der Waals surface area contributed by atoms with Crippen LogP contribution in [0, 0.1) is 11.7 Å². The lowest BCUT2D eigenvalue weighted by Crippen LogP contribution is -2.43. The molecular formula is C32H37FN4O4. The van der Waals surface area contributed by atoms with E-state index in [9.17, 15) is 18.8 Å². The zero-order valence-electron chi connectivity index (χ0n) is 23.5. The van der Waals surface area contributed by atoms with Gasteiger partial charge in [-0.15, -0.1) is 0 Å². The lowest BCUT2D eigenvalue weighted by atomic mass is 9.89. The van der Waals surface area contributed by atoms with Gasteiger partial charge in [0.2, 0.25) is 5.91 Å². The minimum Gasteiger partial charge on any atom is -0.495 e. The van der Waals surface area contributed by atoms with E-state index in [0.29, 0.717) is 55.0 Å². The Morgan fingerprint density at radius 3 is 2.27 bits per heavy atom. The van der Waals surface area contributed by atoms with Gasteiger partial charge in [0.05, 0.1) is 18.8 Å². The zero-order chi connectivity index (χ0) is 29.4. The Kier molecular flexibility index (Phi) is 10.2. The number of hydrogen-bond acceptors (Lipinski definition) is 6. The molecule has 1 aliphatic heterocycles. The highest BCUT2D eigenvalue weighted by Crippen LogP contribution is 2.29. The maximum absolute atomic E-state index is 13.8. The van der Waals surface area contributed by atoms with Crippen molar-refractivity contribution in [3.63, 3.8) is 0 Å². The first-order valence-electron chi connectivity index (χ1n) is 13.9. The fourth-order valence-corrected chi connectivity index (χ4v) is 4.97. The molecule has 2 amide bonds. The largest absolute Gasteiger partial charge is 0.495 e. The van der Waals surface area contributed by atoms with Crippen molar-refractivity contribution in [3.05, 3.63) is 95.3 Å². The molecule has 3 N–H and O–H groups in total. The number of nitrogens with zero attached hydrogens (tertiary/aromatic N) is 2. The van der Waals surface area contributed by atoms with Crippen LogP contribution in [0.25, 0.3) is 0 Å². The third-order valence-electron chi connectivity index (χ3n) is 7.43. The van der Waals surface area contributed by atoms with Crippen molar-refractivity contribution in [2.75, 3.05) is 38.2 Å². The number of halogens is 1. The Labute approximate surface area is 240 Å². The number of piperidine rings is 1. The number of carbonyl (C=O) groups excluding carboxylic acids is 3. The number of amides is 2. The van der Waals surface area contributed by atoms with Gasteiger partial charge in [-0.05, 0) is 86.9 Å². The standard InChI is InChI=1S/C32H37FN4O4/c1-22(34)31(39)35-21-23-7-9-26(10-8-23)32(40)37(28-5-3-4-6-29(28)41-2)20-19-36-17-15-25(16-18-36)30(38)24-11-13-27(33)14-12-24/h3-14,22,25H,15-21,34H2,1-2H3,(H,35,39)/t22-/m0/s1. The molecule has 41 heavy (non-hydrogen) atoms. The number of nitrogens with two attached hydrogens (primary N) is 1. The minimum atomic E-state index is -0.591. The van der Waals surface area contributed by atoms with Gasteiger partial charge in [0.1, 0.15) is 11.6 Å². The topological polar surface area (TPSA) is 105 Å². The number of anilines is 1. The van der Waals surface area contributed by atoms with Crippen molar-refractivity contribution in [2.24, 2.45) is 11.7 Å². The number of likely N-dealkylation sites (tertiary alicyclic amines) is 1. The first-order valence-corrected chi connectivity index (χ1v) is 13.9. The molecule has 9 heteroatoms. The van der Waals surface area contributed by atoms with Gasteiger partial charge in [0, 0.05) is 36.7 Å². The fourth-order valence-electron chi connectivity index (χ4n) is 4.97. The van der Waals surface area contributed by atoms with Crippen LogP contribution in [0.4, 0.5) is 10.1 Å². The molecular weight excluding hydrogens is 523 g/mol. The summed E-state index contributed by atoms with van der Waals surface area (Å²) in [5, 5.41) is 2.77. The molecule has 0 bridgehead atoms. The van der Waals surface area contributed by atoms with Crippen molar-refractivity contribution >= 4 is 23.3 Å². The van der Waals surface area contributed by atoms with Crippen LogP contribution < -0.4 is 20.7 Å². The van der Waals surface area contributed by atoms with Gasteiger partial charge in [-0.1, -0.05) is 24.3 Å². The molecule has 0 saturated carbocycles. The summed E-state index contributed by atoms with van der Waals surface area (Å²) in [6.07, 6.45) is 1.42. The molecule has 0 aromatic heterocycles. The number of rotatable bonds is 11. The van der Waals surface area contributed by atoms with Crippen molar-refractivity contribution in [1.29, 1.82) is 0 Å². The van der Waals surface area contributed by atoms with E-state index in [1.165, 1.54) is 12.1 Å². The van der Waals surface area contributed by atoms with Crippen LogP contribution in [0.3, 0.4) is 0 Å². The Hall–Kier alpha value is -4.08. The maximum Gasteiger partial charge on any atom is 0.258 e. The predicted molar refractivity (Wildman–Crippen MR) is 157 cm³/mol. The van der Waals surface area contributed by atoms with Crippen molar-refractivity contribution in [2.45, 2.75) is 32.4 Å². The van der Waals surface area contributed by atoms with Crippen LogP contribution in [0.5, 0.6) is 5.75 Å². The number of ketones is 1. The summed E-state index contributed by atoms with van der Waals surface area (Å²) in [5.41, 5.74) is 8.20. The van der Waals surface area contributed by atoms with Crippen LogP contribution in [-0.2, 0) is 11.3 Å². The van der Waals surface area contributed by atoms with Crippen LogP contribution in [0.2, 0.25) is 0 Å². The number of nitrogens with one attached hydrogen (secondary N) is 1. The van der Waals surface area contributed by atoms with Crippen LogP contribution in [0.1, 0.15) is 46.0 Å². The zero-order valence-corrected chi connectivity index (χ0v) is 23.5. The molecule has 3 aromatic rings. The van der Waals surface area contributed by atoms with Crippen molar-refractivity contribution < 1.29 is 23.5 Å². The number of methoxy groups -OCH3 is 1. The summed E-state index contributed by atoms with van der Waals surface area (Å²) in [6, 6.07) is 19.7. The predicted octanol–water partition coefficient (Wildman–Crippen LogP) is 4.04.